The second-order valence-corrected chi connectivity index (χ2v) is 5.77. The highest BCUT2D eigenvalue weighted by atomic mass is 16.3. The number of nitrogens with one attached hydrogen (secondary N) is 1. The van der Waals surface area contributed by atoms with Crippen molar-refractivity contribution >= 4 is 16.7 Å². The van der Waals surface area contributed by atoms with E-state index in [1.807, 2.05) is 25.1 Å². The summed E-state index contributed by atoms with van der Waals surface area (Å²) in [7, 11) is 0. The fourth-order valence-corrected chi connectivity index (χ4v) is 2.83. The van der Waals surface area contributed by atoms with Gasteiger partial charge in [0.25, 0.3) is 0 Å². The maximum absolute atomic E-state index is 10.1. The Morgan fingerprint density at radius 3 is 3.16 bits per heavy atom. The van der Waals surface area contributed by atoms with Gasteiger partial charge in [0.05, 0.1) is 23.2 Å². The van der Waals surface area contributed by atoms with Crippen LogP contribution in [-0.2, 0) is 6.54 Å². The Balaban J connectivity index is 1.77. The van der Waals surface area contributed by atoms with Gasteiger partial charge >= 0.3 is 0 Å². The fraction of sp³-hybridized carbons (Fsp3) is 0.500. The van der Waals surface area contributed by atoms with Crippen LogP contribution in [0.15, 0.2) is 18.2 Å². The Kier molecular flexibility index (Phi) is 2.95. The van der Waals surface area contributed by atoms with Crippen LogP contribution >= 0.6 is 0 Å². The maximum Gasteiger partial charge on any atom is 0.121 e. The smallest absolute Gasteiger partial charge is 0.121 e. The molecular weight excluding hydrogens is 240 g/mol. The van der Waals surface area contributed by atoms with Crippen molar-refractivity contribution < 1.29 is 5.11 Å². The van der Waals surface area contributed by atoms with Gasteiger partial charge in [0.2, 0.25) is 0 Å². The lowest BCUT2D eigenvalue weighted by Crippen LogP contribution is -2.45. The molecule has 2 heterocycles. The average molecular weight is 260 g/mol. The number of aromatic amines is 1. The second kappa shape index (κ2) is 4.51. The number of imidazole rings is 1. The number of rotatable bonds is 2. The van der Waals surface area contributed by atoms with Gasteiger partial charge in [-0.25, -0.2) is 4.98 Å². The Morgan fingerprint density at radius 1 is 1.53 bits per heavy atom. The number of aliphatic hydroxyl groups is 1. The first-order valence-electron chi connectivity index (χ1n) is 6.71. The predicted octanol–water partition coefficient (Wildman–Crippen LogP) is 1.49. The minimum atomic E-state index is -0.575. The standard InChI is InChI=1S/C14H20N4O/c1-14(19)5-2-6-18(9-14)8-13-16-11-4-3-10(15)7-12(11)17-13/h3-4,7,19H,2,5-6,8-9,15H2,1H3,(H,16,17). The number of β-amino-alcohol motifs (C(OH)–C–C–N with tert-alkyl or cyclic N) is 1. The molecule has 1 saturated heterocycles. The zero-order chi connectivity index (χ0) is 13.5. The van der Waals surface area contributed by atoms with E-state index in [0.717, 1.165) is 48.5 Å². The summed E-state index contributed by atoms with van der Waals surface area (Å²) in [5.74, 6) is 0.929. The first kappa shape index (κ1) is 12.4. The zero-order valence-corrected chi connectivity index (χ0v) is 11.2. The van der Waals surface area contributed by atoms with E-state index in [0.29, 0.717) is 6.54 Å². The molecule has 19 heavy (non-hydrogen) atoms. The Morgan fingerprint density at radius 2 is 2.37 bits per heavy atom. The monoisotopic (exact) mass is 260 g/mol. The molecule has 0 saturated carbocycles. The number of aromatic nitrogens is 2. The lowest BCUT2D eigenvalue weighted by Gasteiger charge is -2.36. The number of benzene rings is 1. The molecule has 1 fully saturated rings. The van der Waals surface area contributed by atoms with E-state index in [-0.39, 0.29) is 0 Å². The summed E-state index contributed by atoms with van der Waals surface area (Å²) in [6.07, 6.45) is 1.90. The molecule has 0 bridgehead atoms. The molecule has 0 aliphatic carbocycles. The van der Waals surface area contributed by atoms with Gasteiger partial charge in [-0.1, -0.05) is 0 Å². The summed E-state index contributed by atoms with van der Waals surface area (Å²) in [5, 5.41) is 10.1. The SMILES string of the molecule is CC1(O)CCCN(Cc2nc3ccc(N)cc3[nH]2)C1. The fourth-order valence-electron chi connectivity index (χ4n) is 2.83. The van der Waals surface area contributed by atoms with Crippen molar-refractivity contribution in [2.24, 2.45) is 0 Å². The van der Waals surface area contributed by atoms with E-state index in [9.17, 15) is 5.11 Å². The normalized spacial score (nSPS) is 24.9. The molecule has 1 aliphatic rings. The van der Waals surface area contributed by atoms with Crippen LogP contribution in [0.2, 0.25) is 0 Å². The van der Waals surface area contributed by atoms with Crippen LogP contribution in [0.4, 0.5) is 5.69 Å². The Labute approximate surface area is 112 Å². The molecule has 5 heteroatoms. The molecule has 1 atom stereocenters. The number of anilines is 1. The van der Waals surface area contributed by atoms with Crippen LogP contribution in [0.3, 0.4) is 0 Å². The maximum atomic E-state index is 10.1. The van der Waals surface area contributed by atoms with Crippen molar-refractivity contribution in [3.63, 3.8) is 0 Å². The highest BCUT2D eigenvalue weighted by molar-refractivity contribution is 5.78. The van der Waals surface area contributed by atoms with Crippen LogP contribution in [0.5, 0.6) is 0 Å². The number of hydrogen-bond acceptors (Lipinski definition) is 4. The van der Waals surface area contributed by atoms with Crippen molar-refractivity contribution in [2.75, 3.05) is 18.8 Å². The third-order valence-corrected chi connectivity index (χ3v) is 3.68. The molecule has 3 rings (SSSR count). The number of nitrogens with zero attached hydrogens (tertiary/aromatic N) is 2. The molecule has 1 aromatic carbocycles. The van der Waals surface area contributed by atoms with Gasteiger partial charge in [0, 0.05) is 12.2 Å². The van der Waals surface area contributed by atoms with Gasteiger partial charge in [-0.05, 0) is 44.5 Å². The summed E-state index contributed by atoms with van der Waals surface area (Å²) in [4.78, 5) is 10.1. The van der Waals surface area contributed by atoms with E-state index in [2.05, 4.69) is 14.9 Å². The predicted molar refractivity (Wildman–Crippen MR) is 75.6 cm³/mol. The van der Waals surface area contributed by atoms with Crippen LogP contribution in [0.1, 0.15) is 25.6 Å². The van der Waals surface area contributed by atoms with Crippen molar-refractivity contribution in [1.82, 2.24) is 14.9 Å². The molecule has 1 aromatic heterocycles. The van der Waals surface area contributed by atoms with Crippen molar-refractivity contribution in [3.05, 3.63) is 24.0 Å². The van der Waals surface area contributed by atoms with Crippen LogP contribution in [-0.4, -0.2) is 38.7 Å². The van der Waals surface area contributed by atoms with Crippen molar-refractivity contribution in [3.8, 4) is 0 Å². The third-order valence-electron chi connectivity index (χ3n) is 3.68. The summed E-state index contributed by atoms with van der Waals surface area (Å²) in [5.41, 5.74) is 7.84. The lowest BCUT2D eigenvalue weighted by atomic mass is 9.95. The van der Waals surface area contributed by atoms with Crippen LogP contribution < -0.4 is 5.73 Å². The van der Waals surface area contributed by atoms with E-state index in [1.54, 1.807) is 0 Å². The minimum absolute atomic E-state index is 0.575. The van der Waals surface area contributed by atoms with E-state index < -0.39 is 5.60 Å². The average Bonchev–Trinajstić information content (AvgIpc) is 2.68. The number of nitrogen functional groups attached to an aromatic ring is 1. The van der Waals surface area contributed by atoms with Gasteiger partial charge in [-0.3, -0.25) is 4.90 Å². The molecule has 4 N–H and O–H groups in total. The summed E-state index contributed by atoms with van der Waals surface area (Å²) in [6, 6.07) is 5.69. The number of likely N-dealkylation sites (tertiary alicyclic amines) is 1. The molecule has 2 aromatic rings. The Bertz CT molecular complexity index is 590. The summed E-state index contributed by atoms with van der Waals surface area (Å²) < 4.78 is 0. The quantitative estimate of drug-likeness (QED) is 0.715. The van der Waals surface area contributed by atoms with Crippen LogP contribution in [0, 0.1) is 0 Å². The summed E-state index contributed by atoms with van der Waals surface area (Å²) in [6.45, 7) is 4.35. The topological polar surface area (TPSA) is 78.2 Å². The number of hydrogen-bond donors (Lipinski definition) is 3. The van der Waals surface area contributed by atoms with Crippen molar-refractivity contribution in [2.45, 2.75) is 31.9 Å². The number of nitrogens with two attached hydrogens (primary N) is 1. The zero-order valence-electron chi connectivity index (χ0n) is 11.2. The van der Waals surface area contributed by atoms with E-state index in [4.69, 9.17) is 5.73 Å². The highest BCUT2D eigenvalue weighted by Crippen LogP contribution is 2.22. The van der Waals surface area contributed by atoms with Gasteiger partial charge in [-0.2, -0.15) is 0 Å². The minimum Gasteiger partial charge on any atom is -0.399 e. The molecular formula is C14H20N4O. The highest BCUT2D eigenvalue weighted by Gasteiger charge is 2.28. The molecule has 102 valence electrons. The van der Waals surface area contributed by atoms with Gasteiger partial charge in [0.15, 0.2) is 0 Å². The molecule has 1 aliphatic heterocycles. The molecule has 1 unspecified atom stereocenters. The molecule has 5 nitrogen and oxygen atoms in total. The largest absolute Gasteiger partial charge is 0.399 e. The first-order valence-corrected chi connectivity index (χ1v) is 6.71. The number of H-pyrrole nitrogens is 1. The van der Waals surface area contributed by atoms with Crippen LogP contribution in [0.25, 0.3) is 11.0 Å². The van der Waals surface area contributed by atoms with Crippen molar-refractivity contribution in [1.29, 1.82) is 0 Å². The molecule has 0 spiro atoms. The van der Waals surface area contributed by atoms with E-state index in [1.165, 1.54) is 0 Å². The number of fused-ring (bicyclic) bond motifs is 1. The van der Waals surface area contributed by atoms with E-state index >= 15 is 0 Å². The lowest BCUT2D eigenvalue weighted by molar-refractivity contribution is -0.0187. The summed E-state index contributed by atoms with van der Waals surface area (Å²) >= 11 is 0. The molecule has 0 radical (unpaired) electrons. The number of piperidine rings is 1. The first-order chi connectivity index (χ1) is 9.02. The van der Waals surface area contributed by atoms with Gasteiger partial charge in [0.1, 0.15) is 5.82 Å². The van der Waals surface area contributed by atoms with Gasteiger partial charge < -0.3 is 15.8 Å². The third kappa shape index (κ3) is 2.72. The second-order valence-electron chi connectivity index (χ2n) is 5.77. The van der Waals surface area contributed by atoms with Gasteiger partial charge in [-0.15, -0.1) is 0 Å². The Hall–Kier alpha value is -1.59. The molecule has 0 amide bonds.